The third kappa shape index (κ3) is 3.35. The molecule has 3 heterocycles. The summed E-state index contributed by atoms with van der Waals surface area (Å²) < 4.78 is 44.3. The molecule has 1 aliphatic heterocycles. The van der Waals surface area contributed by atoms with E-state index in [9.17, 15) is 19.0 Å². The molecule has 10 nitrogen and oxygen atoms in total. The highest BCUT2D eigenvalue weighted by Crippen LogP contribution is 2.34. The minimum Gasteiger partial charge on any atom is -0.424 e. The second-order valence-electron chi connectivity index (χ2n) is 6.33. The van der Waals surface area contributed by atoms with Crippen LogP contribution in [-0.4, -0.2) is 61.8 Å². The summed E-state index contributed by atoms with van der Waals surface area (Å²) in [7, 11) is 1.39. The monoisotopic (exact) mass is 409 g/mol. The van der Waals surface area contributed by atoms with Crippen LogP contribution in [0.2, 0.25) is 0 Å². The molecule has 1 saturated heterocycles. The summed E-state index contributed by atoms with van der Waals surface area (Å²) in [4.78, 5) is 12.3. The van der Waals surface area contributed by atoms with Gasteiger partial charge in [0.05, 0.1) is 12.9 Å². The van der Waals surface area contributed by atoms with Crippen LogP contribution in [0.25, 0.3) is 11.2 Å². The molecule has 1 aromatic carbocycles. The topological polar surface area (TPSA) is 138 Å². The minimum absolute atomic E-state index is 0.0162. The van der Waals surface area contributed by atoms with Crippen molar-refractivity contribution in [2.24, 2.45) is 0 Å². The maximum atomic E-state index is 13.4. The van der Waals surface area contributed by atoms with Crippen LogP contribution in [-0.2, 0) is 9.47 Å². The number of benzene rings is 1. The smallest absolute Gasteiger partial charge is 0.326 e. The van der Waals surface area contributed by atoms with Crippen molar-refractivity contribution >= 4 is 17.0 Å². The highest BCUT2D eigenvalue weighted by Gasteiger charge is 2.45. The molecule has 0 radical (unpaired) electrons. The first kappa shape index (κ1) is 19.4. The Morgan fingerprint density at radius 3 is 2.76 bits per heavy atom. The first-order chi connectivity index (χ1) is 13.9. The Balaban J connectivity index is 1.72. The number of halogens is 2. The summed E-state index contributed by atoms with van der Waals surface area (Å²) in [5, 5.41) is 19.6. The van der Waals surface area contributed by atoms with E-state index in [1.54, 1.807) is 0 Å². The fourth-order valence-corrected chi connectivity index (χ4v) is 3.14. The van der Waals surface area contributed by atoms with Crippen molar-refractivity contribution < 1.29 is 33.2 Å². The van der Waals surface area contributed by atoms with Crippen LogP contribution in [0.3, 0.4) is 0 Å². The number of nitrogen functional groups attached to an aromatic ring is 1. The lowest BCUT2D eigenvalue weighted by atomic mass is 10.1. The average molecular weight is 409 g/mol. The zero-order valence-corrected chi connectivity index (χ0v) is 15.1. The van der Waals surface area contributed by atoms with Gasteiger partial charge in [-0.1, -0.05) is 0 Å². The number of fused-ring (bicyclic) bond motifs is 1. The van der Waals surface area contributed by atoms with Crippen LogP contribution in [0.4, 0.5) is 14.6 Å². The number of aromatic nitrogens is 4. The third-order valence-corrected chi connectivity index (χ3v) is 4.57. The lowest BCUT2D eigenvalue weighted by Gasteiger charge is -2.20. The number of imidazole rings is 1. The van der Waals surface area contributed by atoms with E-state index >= 15 is 0 Å². The van der Waals surface area contributed by atoms with Gasteiger partial charge in [0.25, 0.3) is 0 Å². The molecule has 0 unspecified atom stereocenters. The number of rotatable bonds is 5. The van der Waals surface area contributed by atoms with E-state index in [1.807, 2.05) is 0 Å². The molecule has 4 N–H and O–H groups in total. The molecule has 0 spiro atoms. The van der Waals surface area contributed by atoms with E-state index in [2.05, 4.69) is 15.0 Å². The Bertz CT molecular complexity index is 1050. The molecule has 1 fully saturated rings. The van der Waals surface area contributed by atoms with Gasteiger partial charge in [-0.05, 0) is 12.1 Å². The van der Waals surface area contributed by atoms with Crippen LogP contribution in [0.15, 0.2) is 24.5 Å². The van der Waals surface area contributed by atoms with E-state index < -0.39 is 42.8 Å². The summed E-state index contributed by atoms with van der Waals surface area (Å²) in [6.45, 7) is -0.411. The number of nitrogens with two attached hydrogens (primary N) is 1. The molecule has 0 saturated carbocycles. The number of anilines is 1. The predicted molar refractivity (Wildman–Crippen MR) is 94.0 cm³/mol. The van der Waals surface area contributed by atoms with E-state index in [0.717, 1.165) is 12.1 Å². The third-order valence-electron chi connectivity index (χ3n) is 4.57. The molecule has 12 heteroatoms. The van der Waals surface area contributed by atoms with Gasteiger partial charge < -0.3 is 30.2 Å². The number of methoxy groups -OCH3 is 1. The zero-order valence-electron chi connectivity index (χ0n) is 15.1. The SMILES string of the molecule is CO[C@@H]1[C@H](O)[C@@H](CO)O[C@H]1n1cnc2c(N)nc(Oc3ccc(F)c(F)c3)nc21. The molecular formula is C17H17F2N5O5. The normalized spacial score (nSPS) is 24.3. The Morgan fingerprint density at radius 1 is 1.28 bits per heavy atom. The van der Waals surface area contributed by atoms with Crippen LogP contribution in [0.5, 0.6) is 11.8 Å². The fourth-order valence-electron chi connectivity index (χ4n) is 3.14. The molecule has 1 aliphatic rings. The first-order valence-electron chi connectivity index (χ1n) is 8.53. The molecule has 154 valence electrons. The van der Waals surface area contributed by atoms with Crippen molar-refractivity contribution in [1.29, 1.82) is 0 Å². The van der Waals surface area contributed by atoms with Gasteiger partial charge in [0.1, 0.15) is 24.1 Å². The number of hydrogen-bond acceptors (Lipinski definition) is 9. The summed E-state index contributed by atoms with van der Waals surface area (Å²) in [5.74, 6) is -2.16. The minimum atomic E-state index is -1.09. The first-order valence-corrected chi connectivity index (χ1v) is 8.53. The molecule has 0 bridgehead atoms. The lowest BCUT2D eigenvalue weighted by molar-refractivity contribution is -0.0583. The van der Waals surface area contributed by atoms with Crippen LogP contribution in [0, 0.1) is 11.6 Å². The van der Waals surface area contributed by atoms with Crippen LogP contribution in [0.1, 0.15) is 6.23 Å². The molecule has 0 amide bonds. The van der Waals surface area contributed by atoms with Gasteiger partial charge in [-0.3, -0.25) is 4.57 Å². The second kappa shape index (κ2) is 7.48. The van der Waals surface area contributed by atoms with E-state index in [1.165, 1.54) is 24.1 Å². The van der Waals surface area contributed by atoms with Crippen molar-refractivity contribution in [2.45, 2.75) is 24.5 Å². The van der Waals surface area contributed by atoms with E-state index in [-0.39, 0.29) is 28.7 Å². The molecule has 4 atom stereocenters. The summed E-state index contributed by atoms with van der Waals surface area (Å²) in [5.41, 5.74) is 6.36. The Morgan fingerprint density at radius 2 is 2.07 bits per heavy atom. The Hall–Kier alpha value is -2.93. The molecule has 2 aromatic heterocycles. The van der Waals surface area contributed by atoms with Crippen molar-refractivity contribution in [2.75, 3.05) is 19.5 Å². The summed E-state index contributed by atoms with van der Waals surface area (Å²) in [6, 6.07) is 2.74. The fraction of sp³-hybridized carbons (Fsp3) is 0.353. The Kier molecular flexibility index (Phi) is 5.00. The average Bonchev–Trinajstić information content (AvgIpc) is 3.25. The predicted octanol–water partition coefficient (Wildman–Crippen LogP) is 0.745. The number of nitrogens with zero attached hydrogens (tertiary/aromatic N) is 4. The van der Waals surface area contributed by atoms with Crippen LogP contribution < -0.4 is 10.5 Å². The van der Waals surface area contributed by atoms with E-state index in [4.69, 9.17) is 19.9 Å². The largest absolute Gasteiger partial charge is 0.424 e. The molecular weight excluding hydrogens is 392 g/mol. The van der Waals surface area contributed by atoms with Crippen molar-refractivity contribution in [3.05, 3.63) is 36.2 Å². The molecule has 3 aromatic rings. The number of hydrogen-bond donors (Lipinski definition) is 3. The number of ether oxygens (including phenoxy) is 3. The van der Waals surface area contributed by atoms with Gasteiger partial charge in [0.2, 0.25) is 0 Å². The van der Waals surface area contributed by atoms with Gasteiger partial charge >= 0.3 is 6.01 Å². The number of aliphatic hydroxyl groups excluding tert-OH is 2. The highest BCUT2D eigenvalue weighted by molar-refractivity contribution is 5.82. The lowest BCUT2D eigenvalue weighted by Crippen LogP contribution is -2.34. The van der Waals surface area contributed by atoms with Gasteiger partial charge in [-0.15, -0.1) is 0 Å². The van der Waals surface area contributed by atoms with Crippen LogP contribution >= 0.6 is 0 Å². The zero-order chi connectivity index (χ0) is 20.7. The van der Waals surface area contributed by atoms with Crippen molar-refractivity contribution in [1.82, 2.24) is 19.5 Å². The number of aliphatic hydroxyl groups is 2. The van der Waals surface area contributed by atoms with Gasteiger partial charge in [0.15, 0.2) is 34.8 Å². The van der Waals surface area contributed by atoms with Gasteiger partial charge in [0, 0.05) is 13.2 Å². The maximum absolute atomic E-state index is 13.4. The molecule has 4 rings (SSSR count). The standard InChI is InChI=1S/C17H17F2N5O5/c1-27-13-12(26)10(5-25)29-16(13)24-6-21-11-14(20)22-17(23-15(11)24)28-7-2-3-8(18)9(19)4-7/h2-4,6,10,12-13,16,25-26H,5H2,1H3,(H2,20,22,23)/t10-,12-,13-,16-/m1/s1. The Labute approximate surface area is 162 Å². The van der Waals surface area contributed by atoms with E-state index in [0.29, 0.717) is 0 Å². The maximum Gasteiger partial charge on any atom is 0.326 e. The van der Waals surface area contributed by atoms with Gasteiger partial charge in [-0.2, -0.15) is 9.97 Å². The summed E-state index contributed by atoms with van der Waals surface area (Å²) >= 11 is 0. The van der Waals surface area contributed by atoms with Gasteiger partial charge in [-0.25, -0.2) is 13.8 Å². The molecule has 29 heavy (non-hydrogen) atoms. The van der Waals surface area contributed by atoms with Crippen molar-refractivity contribution in [3.8, 4) is 11.8 Å². The second-order valence-corrected chi connectivity index (χ2v) is 6.33. The van der Waals surface area contributed by atoms with Crippen molar-refractivity contribution in [3.63, 3.8) is 0 Å². The molecule has 0 aliphatic carbocycles. The highest BCUT2D eigenvalue weighted by atomic mass is 19.2. The quantitative estimate of drug-likeness (QED) is 0.557. The summed E-state index contributed by atoms with van der Waals surface area (Å²) in [6.07, 6.45) is -2.23.